The first-order valence-electron chi connectivity index (χ1n) is 16.6. The van der Waals surface area contributed by atoms with Crippen LogP contribution in [0.5, 0.6) is 0 Å². The molecule has 8 rings (SSSR count). The summed E-state index contributed by atoms with van der Waals surface area (Å²) in [4.78, 5) is 40.8. The number of nitrogens with zero attached hydrogens (tertiary/aromatic N) is 8. The van der Waals surface area contributed by atoms with Crippen LogP contribution in [0.3, 0.4) is 0 Å². The van der Waals surface area contributed by atoms with Gasteiger partial charge in [0.1, 0.15) is 17.7 Å². The number of aryl methyl sites for hydroxylation is 1. The maximum absolute atomic E-state index is 14.0. The van der Waals surface area contributed by atoms with Crippen molar-refractivity contribution in [2.45, 2.75) is 25.4 Å². The van der Waals surface area contributed by atoms with Gasteiger partial charge in [0.25, 0.3) is 0 Å². The molecule has 1 spiro atoms. The van der Waals surface area contributed by atoms with Gasteiger partial charge in [-0.25, -0.2) is 4.98 Å². The number of carbonyl (C=O) groups excluding carboxylic acids is 2. The normalized spacial score (nSPS) is 20.0. The Morgan fingerprint density at radius 2 is 1.76 bits per heavy atom. The summed E-state index contributed by atoms with van der Waals surface area (Å²) < 4.78 is 41.7. The monoisotopic (exact) mass is 681 g/mol. The van der Waals surface area contributed by atoms with Crippen molar-refractivity contribution in [3.8, 4) is 22.6 Å². The molecule has 0 aliphatic carbocycles. The molecule has 0 radical (unpaired) electrons. The summed E-state index contributed by atoms with van der Waals surface area (Å²) >= 11 is 0. The molecule has 5 aromatic rings. The predicted molar refractivity (Wildman–Crippen MR) is 180 cm³/mol. The Morgan fingerprint density at radius 1 is 0.960 bits per heavy atom. The first kappa shape index (κ1) is 31.9. The van der Waals surface area contributed by atoms with Crippen LogP contribution in [0, 0.1) is 5.41 Å². The van der Waals surface area contributed by atoms with Crippen molar-refractivity contribution in [3.05, 3.63) is 84.5 Å². The molecular weight excluding hydrogens is 647 g/mol. The molecule has 3 aliphatic heterocycles. The number of H-pyrrole nitrogens is 1. The van der Waals surface area contributed by atoms with Gasteiger partial charge in [-0.2, -0.15) is 23.4 Å². The fourth-order valence-electron chi connectivity index (χ4n) is 7.42. The van der Waals surface area contributed by atoms with E-state index >= 15 is 0 Å². The topological polar surface area (TPSA) is 116 Å². The molecule has 3 aromatic heterocycles. The third-order valence-electron chi connectivity index (χ3n) is 10.2. The molecule has 0 bridgehead atoms. The van der Waals surface area contributed by atoms with Gasteiger partial charge in [-0.15, -0.1) is 0 Å². The van der Waals surface area contributed by atoms with E-state index < -0.39 is 17.3 Å². The second kappa shape index (κ2) is 12.2. The molecule has 2 amide bonds. The van der Waals surface area contributed by atoms with Crippen molar-refractivity contribution in [1.29, 1.82) is 0 Å². The fourth-order valence-corrected chi connectivity index (χ4v) is 7.42. The average molecular weight is 682 g/mol. The van der Waals surface area contributed by atoms with Gasteiger partial charge < -0.3 is 9.80 Å². The number of carbonyl (C=O) groups is 2. The van der Waals surface area contributed by atoms with Crippen LogP contribution < -0.4 is 4.90 Å². The first-order valence-corrected chi connectivity index (χ1v) is 16.6. The Labute approximate surface area is 285 Å². The van der Waals surface area contributed by atoms with E-state index in [1.807, 2.05) is 30.1 Å². The SMILES string of the molecule is Cn1cnc(-c2ccc(C3=CCN(C(=O)CN4CCC5(CCN(c6ccc7[nH]nc(-c8ccnc(C(F)(F)F)c8)c7c6)C5=O)C4)CC3)cc2)n1. The van der Waals surface area contributed by atoms with E-state index in [4.69, 9.17) is 0 Å². The Morgan fingerprint density at radius 3 is 2.50 bits per heavy atom. The predicted octanol–water partition coefficient (Wildman–Crippen LogP) is 5.18. The Kier molecular flexibility index (Phi) is 7.77. The number of hydrogen-bond acceptors (Lipinski definition) is 7. The lowest BCUT2D eigenvalue weighted by Gasteiger charge is -2.29. The largest absolute Gasteiger partial charge is 0.433 e. The van der Waals surface area contributed by atoms with Gasteiger partial charge in [-0.1, -0.05) is 30.3 Å². The van der Waals surface area contributed by atoms with Crippen molar-refractivity contribution in [1.82, 2.24) is 39.7 Å². The molecular formula is C36H34F3N9O2. The van der Waals surface area contributed by atoms with E-state index in [0.29, 0.717) is 73.7 Å². The number of alkyl halides is 3. The van der Waals surface area contributed by atoms with E-state index in [-0.39, 0.29) is 23.9 Å². The van der Waals surface area contributed by atoms with E-state index in [0.717, 1.165) is 29.8 Å². The highest BCUT2D eigenvalue weighted by Gasteiger charge is 2.51. The Balaban J connectivity index is 0.903. The smallest absolute Gasteiger partial charge is 0.338 e. The summed E-state index contributed by atoms with van der Waals surface area (Å²) in [7, 11) is 1.84. The molecule has 1 atom stereocenters. The summed E-state index contributed by atoms with van der Waals surface area (Å²) in [5.74, 6) is 0.749. The molecule has 0 saturated carbocycles. The number of benzene rings is 2. The fraction of sp³-hybridized carbons (Fsp3) is 0.333. The van der Waals surface area contributed by atoms with Crippen LogP contribution in [0.1, 0.15) is 30.5 Å². The molecule has 6 heterocycles. The minimum atomic E-state index is -4.58. The second-order valence-electron chi connectivity index (χ2n) is 13.3. The van der Waals surface area contributed by atoms with Crippen LogP contribution in [0.25, 0.3) is 39.1 Å². The molecule has 50 heavy (non-hydrogen) atoms. The summed E-state index contributed by atoms with van der Waals surface area (Å²) in [6.45, 7) is 3.13. The van der Waals surface area contributed by atoms with Crippen molar-refractivity contribution >= 4 is 34.0 Å². The summed E-state index contributed by atoms with van der Waals surface area (Å²) in [6.07, 6.45) is 2.43. The Hall–Kier alpha value is -5.37. The number of fused-ring (bicyclic) bond motifs is 1. The van der Waals surface area contributed by atoms with E-state index in [1.165, 1.54) is 11.6 Å². The minimum Gasteiger partial charge on any atom is -0.338 e. The van der Waals surface area contributed by atoms with Crippen LogP contribution in [0.4, 0.5) is 18.9 Å². The minimum absolute atomic E-state index is 0.00973. The van der Waals surface area contributed by atoms with Gasteiger partial charge in [-0.3, -0.25) is 29.3 Å². The zero-order valence-electron chi connectivity index (χ0n) is 27.3. The molecule has 2 aromatic carbocycles. The third kappa shape index (κ3) is 5.82. The van der Waals surface area contributed by atoms with Crippen molar-refractivity contribution in [2.75, 3.05) is 44.2 Å². The maximum atomic E-state index is 14.0. The van der Waals surface area contributed by atoms with Gasteiger partial charge in [0.15, 0.2) is 5.82 Å². The van der Waals surface area contributed by atoms with Crippen LogP contribution in [0.15, 0.2) is 73.2 Å². The third-order valence-corrected chi connectivity index (χ3v) is 10.2. The summed E-state index contributed by atoms with van der Waals surface area (Å²) in [6, 6.07) is 16.1. The van der Waals surface area contributed by atoms with Crippen LogP contribution in [0.2, 0.25) is 0 Å². The lowest BCUT2D eigenvalue weighted by molar-refractivity contribution is -0.141. The number of aromatic amines is 1. The molecule has 1 N–H and O–H groups in total. The lowest BCUT2D eigenvalue weighted by Crippen LogP contribution is -2.43. The number of halogens is 3. The van der Waals surface area contributed by atoms with Crippen molar-refractivity contribution in [3.63, 3.8) is 0 Å². The highest BCUT2D eigenvalue weighted by molar-refractivity contribution is 6.03. The molecule has 1 unspecified atom stereocenters. The number of rotatable bonds is 6. The van der Waals surface area contributed by atoms with E-state index in [9.17, 15) is 22.8 Å². The zero-order valence-corrected chi connectivity index (χ0v) is 27.3. The van der Waals surface area contributed by atoms with Gasteiger partial charge >= 0.3 is 6.18 Å². The molecule has 11 nitrogen and oxygen atoms in total. The van der Waals surface area contributed by atoms with Crippen LogP contribution in [-0.4, -0.2) is 90.8 Å². The summed E-state index contributed by atoms with van der Waals surface area (Å²) in [5, 5.41) is 12.1. The zero-order chi connectivity index (χ0) is 34.6. The molecule has 14 heteroatoms. The van der Waals surface area contributed by atoms with Crippen LogP contribution >= 0.6 is 0 Å². The van der Waals surface area contributed by atoms with Gasteiger partial charge in [0, 0.05) is 61.6 Å². The van der Waals surface area contributed by atoms with Gasteiger partial charge in [0.2, 0.25) is 11.8 Å². The van der Waals surface area contributed by atoms with E-state index in [2.05, 4.69) is 48.4 Å². The molecule has 2 saturated heterocycles. The number of pyridine rings is 1. The second-order valence-corrected chi connectivity index (χ2v) is 13.3. The average Bonchev–Trinajstić information content (AvgIpc) is 3.92. The molecule has 2 fully saturated rings. The number of aromatic nitrogens is 6. The van der Waals surface area contributed by atoms with Crippen LogP contribution in [-0.2, 0) is 22.8 Å². The van der Waals surface area contributed by atoms with Gasteiger partial charge in [0.05, 0.1) is 17.5 Å². The molecule has 3 aliphatic rings. The van der Waals surface area contributed by atoms with E-state index in [1.54, 1.807) is 28.0 Å². The standard InChI is InChI=1S/C36H34F3N9O2/c1-45-22-41-33(44-45)25-4-2-23(3-5-25)24-9-14-47(15-10-24)31(49)20-46-16-11-35(21-46)12-17-48(34(35)50)27-6-7-29-28(19-27)32(43-42-29)26-8-13-40-30(18-26)36(37,38)39/h2-9,13,18-19,22H,10-12,14-17,20-21H2,1H3,(H,42,43). The highest BCUT2D eigenvalue weighted by Crippen LogP contribution is 2.43. The van der Waals surface area contributed by atoms with Crippen molar-refractivity contribution < 1.29 is 22.8 Å². The number of amides is 2. The highest BCUT2D eigenvalue weighted by atomic mass is 19.4. The van der Waals surface area contributed by atoms with Crippen molar-refractivity contribution in [2.24, 2.45) is 12.5 Å². The van der Waals surface area contributed by atoms with Gasteiger partial charge in [-0.05, 0) is 67.3 Å². The molecule has 256 valence electrons. The quantitative estimate of drug-likeness (QED) is 0.263. The first-order chi connectivity index (χ1) is 24.1. The number of hydrogen-bond donors (Lipinski definition) is 1. The summed E-state index contributed by atoms with van der Waals surface area (Å²) in [5.41, 5.74) is 3.67. The maximum Gasteiger partial charge on any atom is 0.433 e. The lowest BCUT2D eigenvalue weighted by atomic mass is 9.85. The number of nitrogens with one attached hydrogen (secondary N) is 1. The number of likely N-dealkylation sites (tertiary alicyclic amines) is 1. The number of anilines is 1. The Bertz CT molecular complexity index is 2140.